The van der Waals surface area contributed by atoms with Crippen molar-refractivity contribution in [3.05, 3.63) is 311 Å². The zero-order valence-electron chi connectivity index (χ0n) is 43.3. The van der Waals surface area contributed by atoms with Gasteiger partial charge < -0.3 is 9.80 Å². The highest BCUT2D eigenvalue weighted by atomic mass is 15.1. The number of para-hydroxylation sites is 4. The van der Waals surface area contributed by atoms with Gasteiger partial charge in [0, 0.05) is 36.6 Å². The van der Waals surface area contributed by atoms with Crippen LogP contribution in [0.3, 0.4) is 0 Å². The zero-order valence-corrected chi connectivity index (χ0v) is 43.3. The molecule has 2 aliphatic carbocycles. The van der Waals surface area contributed by atoms with Crippen molar-refractivity contribution in [1.29, 1.82) is 0 Å². The molecule has 0 bridgehead atoms. The summed E-state index contributed by atoms with van der Waals surface area (Å²) in [5, 5.41) is 7.37. The SMILES string of the molecule is CN1c2ccccc2C2(c3ccccc3-c3ccccc32)c2cccc(-c3cccc4c(-c5ccc6ccccc6c5)c5cccc(-c6cccc7c6N(C)c6ccccc6C76c7ccccc7-c7ccccc76)c5cc34)c21. The summed E-state index contributed by atoms with van der Waals surface area (Å²) in [5.74, 6) is 0. The fraction of sp³-hybridized carbons (Fsp3) is 0.0526. The second-order valence-corrected chi connectivity index (χ2v) is 21.9. The lowest BCUT2D eigenvalue weighted by molar-refractivity contribution is 0.749. The summed E-state index contributed by atoms with van der Waals surface area (Å²) in [6, 6.07) is 101. The van der Waals surface area contributed by atoms with Crippen molar-refractivity contribution in [2.24, 2.45) is 0 Å². The van der Waals surface area contributed by atoms with Crippen LogP contribution in [0.2, 0.25) is 0 Å². The number of hydrogen-bond acceptors (Lipinski definition) is 2. The smallest absolute Gasteiger partial charge is 0.0754 e. The summed E-state index contributed by atoms with van der Waals surface area (Å²) in [6.45, 7) is 0. The molecule has 0 unspecified atom stereocenters. The van der Waals surface area contributed by atoms with E-state index in [1.54, 1.807) is 0 Å². The van der Waals surface area contributed by atoms with Crippen LogP contribution in [-0.2, 0) is 10.8 Å². The molecule has 0 radical (unpaired) electrons. The first-order chi connectivity index (χ1) is 38.6. The number of fused-ring (bicyclic) bond motifs is 21. The average molecular weight is 991 g/mol. The Bertz CT molecular complexity index is 4400. The third-order valence-electron chi connectivity index (χ3n) is 18.5. The Balaban J connectivity index is 0.976. The van der Waals surface area contributed by atoms with Crippen LogP contribution in [0.5, 0.6) is 0 Å². The highest BCUT2D eigenvalue weighted by Crippen LogP contribution is 2.65. The van der Waals surface area contributed by atoms with Crippen molar-refractivity contribution in [3.8, 4) is 55.6 Å². The van der Waals surface area contributed by atoms with Gasteiger partial charge in [0.1, 0.15) is 0 Å². The van der Waals surface area contributed by atoms with Gasteiger partial charge in [-0.05, 0) is 146 Å². The first-order valence-corrected chi connectivity index (χ1v) is 27.4. The molecule has 2 aliphatic heterocycles. The Hall–Kier alpha value is -9.76. The second-order valence-electron chi connectivity index (χ2n) is 21.9. The molecule has 0 saturated carbocycles. The van der Waals surface area contributed by atoms with E-state index in [1.165, 1.54) is 155 Å². The van der Waals surface area contributed by atoms with Gasteiger partial charge in [-0.2, -0.15) is 0 Å². The van der Waals surface area contributed by atoms with E-state index >= 15 is 0 Å². The predicted molar refractivity (Wildman–Crippen MR) is 326 cm³/mol. The molecular weight excluding hydrogens is 941 g/mol. The monoisotopic (exact) mass is 990 g/mol. The minimum atomic E-state index is -0.517. The van der Waals surface area contributed by atoms with Crippen LogP contribution in [0.15, 0.2) is 267 Å². The van der Waals surface area contributed by atoms with Crippen LogP contribution >= 0.6 is 0 Å². The van der Waals surface area contributed by atoms with E-state index in [0.717, 1.165) is 0 Å². The molecule has 78 heavy (non-hydrogen) atoms. The van der Waals surface area contributed by atoms with Gasteiger partial charge in [0.15, 0.2) is 0 Å². The molecule has 0 saturated heterocycles. The topological polar surface area (TPSA) is 6.48 Å². The normalized spacial score (nSPS) is 14.4. The van der Waals surface area contributed by atoms with Crippen LogP contribution in [0, 0.1) is 0 Å². The minimum Gasteiger partial charge on any atom is -0.344 e. The average Bonchev–Trinajstić information content (AvgIpc) is 3.83. The summed E-state index contributed by atoms with van der Waals surface area (Å²) in [4.78, 5) is 4.95. The summed E-state index contributed by atoms with van der Waals surface area (Å²) >= 11 is 0. The molecule has 2 heterocycles. The first-order valence-electron chi connectivity index (χ1n) is 27.4. The quantitative estimate of drug-likeness (QED) is 0.163. The third kappa shape index (κ3) is 5.41. The summed E-state index contributed by atoms with van der Waals surface area (Å²) in [6.07, 6.45) is 0. The van der Waals surface area contributed by atoms with Crippen molar-refractivity contribution in [2.75, 3.05) is 23.9 Å². The fourth-order valence-electron chi connectivity index (χ4n) is 15.5. The highest BCUT2D eigenvalue weighted by molar-refractivity contribution is 6.21. The molecule has 0 amide bonds. The maximum absolute atomic E-state index is 2.54. The molecule has 364 valence electrons. The fourth-order valence-corrected chi connectivity index (χ4v) is 15.5. The van der Waals surface area contributed by atoms with Gasteiger partial charge in [0.25, 0.3) is 0 Å². The molecule has 2 spiro atoms. The molecule has 4 aliphatic rings. The highest BCUT2D eigenvalue weighted by Gasteiger charge is 2.53. The first kappa shape index (κ1) is 43.5. The second kappa shape index (κ2) is 15.9. The summed E-state index contributed by atoms with van der Waals surface area (Å²) in [7, 11) is 4.56. The summed E-state index contributed by atoms with van der Waals surface area (Å²) < 4.78 is 0. The van der Waals surface area contributed by atoms with Crippen molar-refractivity contribution < 1.29 is 0 Å². The Labute approximate surface area is 454 Å². The van der Waals surface area contributed by atoms with Gasteiger partial charge in [-0.15, -0.1) is 0 Å². The maximum Gasteiger partial charge on any atom is 0.0754 e. The summed E-state index contributed by atoms with van der Waals surface area (Å²) in [5.41, 5.74) is 27.0. The van der Waals surface area contributed by atoms with Crippen LogP contribution in [0.4, 0.5) is 22.7 Å². The molecule has 0 atom stereocenters. The number of hydrogen-bond donors (Lipinski definition) is 0. The molecule has 0 aromatic heterocycles. The Kier molecular flexibility index (Phi) is 8.86. The van der Waals surface area contributed by atoms with Gasteiger partial charge in [-0.3, -0.25) is 0 Å². The van der Waals surface area contributed by atoms with E-state index in [9.17, 15) is 0 Å². The van der Waals surface area contributed by atoms with Crippen LogP contribution in [0.1, 0.15) is 44.5 Å². The Morgan fingerprint density at radius 2 is 0.590 bits per heavy atom. The van der Waals surface area contributed by atoms with E-state index in [2.05, 4.69) is 291 Å². The lowest BCUT2D eigenvalue weighted by atomic mass is 9.64. The van der Waals surface area contributed by atoms with E-state index in [-0.39, 0.29) is 0 Å². The number of benzene rings is 13. The van der Waals surface area contributed by atoms with Gasteiger partial charge in [0.05, 0.1) is 22.2 Å². The molecule has 17 rings (SSSR count). The zero-order chi connectivity index (χ0) is 51.4. The minimum absolute atomic E-state index is 0.517. The van der Waals surface area contributed by atoms with E-state index in [4.69, 9.17) is 0 Å². The lowest BCUT2D eigenvalue weighted by Gasteiger charge is -2.44. The molecule has 0 fully saturated rings. The Morgan fingerprint density at radius 1 is 0.244 bits per heavy atom. The third-order valence-corrected chi connectivity index (χ3v) is 18.5. The van der Waals surface area contributed by atoms with E-state index < -0.39 is 10.8 Å². The Morgan fingerprint density at radius 3 is 1.05 bits per heavy atom. The maximum atomic E-state index is 2.54. The van der Waals surface area contributed by atoms with Gasteiger partial charge in [-0.1, -0.05) is 243 Å². The van der Waals surface area contributed by atoms with Crippen LogP contribution in [0.25, 0.3) is 88.0 Å². The lowest BCUT2D eigenvalue weighted by Crippen LogP contribution is -2.36. The predicted octanol–water partition coefficient (Wildman–Crippen LogP) is 19.0. The van der Waals surface area contributed by atoms with Gasteiger partial charge in [-0.25, -0.2) is 0 Å². The van der Waals surface area contributed by atoms with E-state index in [1.807, 2.05) is 0 Å². The molecule has 13 aromatic carbocycles. The van der Waals surface area contributed by atoms with Gasteiger partial charge >= 0.3 is 0 Å². The van der Waals surface area contributed by atoms with Crippen LogP contribution in [-0.4, -0.2) is 14.1 Å². The molecular formula is C76H50N2. The van der Waals surface area contributed by atoms with Crippen molar-refractivity contribution in [1.82, 2.24) is 0 Å². The molecule has 0 N–H and O–H groups in total. The van der Waals surface area contributed by atoms with Crippen LogP contribution < -0.4 is 9.80 Å². The molecule has 13 aromatic rings. The number of rotatable bonds is 3. The van der Waals surface area contributed by atoms with Gasteiger partial charge in [0.2, 0.25) is 0 Å². The van der Waals surface area contributed by atoms with E-state index in [0.29, 0.717) is 0 Å². The standard InChI is InChI=1S/C76H50N2/c1-77-70-41-15-13-37-66(70)75(62-33-9-5-23-52(62)53-24-6-10-34-63(53)75)68-39-19-31-58(73(68)77)50-27-17-29-56-60(50)46-61-51(28-18-30-57(61)72(56)49-44-43-47-21-3-4-22-48(47)45-49)59-32-20-40-69-74(59)78(2)71-42-16-14-38-67(71)76(69)64-35-11-7-25-54(64)55-26-8-12-36-65(55)76/h3-46H,1-2H3. The van der Waals surface area contributed by atoms with Crippen molar-refractivity contribution in [2.45, 2.75) is 10.8 Å². The largest absolute Gasteiger partial charge is 0.344 e. The molecule has 2 heteroatoms. The molecule has 2 nitrogen and oxygen atoms in total. The number of anilines is 4. The number of nitrogens with zero attached hydrogens (tertiary/aromatic N) is 2. The van der Waals surface area contributed by atoms with Crippen molar-refractivity contribution in [3.63, 3.8) is 0 Å². The van der Waals surface area contributed by atoms with Crippen molar-refractivity contribution >= 4 is 55.1 Å².